The topological polar surface area (TPSA) is 55.6 Å². The van der Waals surface area contributed by atoms with E-state index >= 15 is 0 Å². The first-order valence-corrected chi connectivity index (χ1v) is 7.07. The fourth-order valence-corrected chi connectivity index (χ4v) is 2.52. The summed E-state index contributed by atoms with van der Waals surface area (Å²) in [4.78, 5) is 14.4. The summed E-state index contributed by atoms with van der Waals surface area (Å²) in [5.41, 5.74) is 9.23. The van der Waals surface area contributed by atoms with Crippen LogP contribution in [-0.4, -0.2) is 37.1 Å². The quantitative estimate of drug-likeness (QED) is 0.861. The van der Waals surface area contributed by atoms with Gasteiger partial charge in [-0.3, -0.25) is 4.79 Å². The van der Waals surface area contributed by atoms with Crippen LogP contribution in [0.5, 0.6) is 0 Å². The largest absolute Gasteiger partial charge is 0.399 e. The maximum atomic E-state index is 12.6. The predicted octanol–water partition coefficient (Wildman–Crippen LogP) is 2.41. The van der Waals surface area contributed by atoms with Crippen LogP contribution in [0.25, 0.3) is 11.1 Å². The smallest absolute Gasteiger partial charge is 0.254 e. The van der Waals surface area contributed by atoms with E-state index < -0.39 is 0 Å². The molecule has 1 heterocycles. The lowest BCUT2D eigenvalue weighted by Gasteiger charge is -2.27. The second-order valence-electron chi connectivity index (χ2n) is 5.11. The third-order valence-corrected chi connectivity index (χ3v) is 3.61. The third kappa shape index (κ3) is 3.06. The number of hydrogen-bond donors (Lipinski definition) is 1. The average Bonchev–Trinajstić information content (AvgIpc) is 2.55. The minimum Gasteiger partial charge on any atom is -0.399 e. The number of hydrogen-bond acceptors (Lipinski definition) is 3. The Balaban J connectivity index is 1.92. The number of carbonyl (C=O) groups is 1. The van der Waals surface area contributed by atoms with Crippen molar-refractivity contribution < 1.29 is 9.53 Å². The van der Waals surface area contributed by atoms with Gasteiger partial charge in [0.05, 0.1) is 13.2 Å². The Morgan fingerprint density at radius 1 is 1.00 bits per heavy atom. The second-order valence-corrected chi connectivity index (χ2v) is 5.11. The van der Waals surface area contributed by atoms with Crippen LogP contribution in [0.3, 0.4) is 0 Å². The van der Waals surface area contributed by atoms with E-state index in [9.17, 15) is 4.79 Å². The molecule has 4 heteroatoms. The molecule has 0 aromatic heterocycles. The minimum atomic E-state index is 0.0165. The van der Waals surface area contributed by atoms with Gasteiger partial charge in [-0.25, -0.2) is 0 Å². The van der Waals surface area contributed by atoms with Gasteiger partial charge in [-0.1, -0.05) is 30.3 Å². The normalized spacial score (nSPS) is 15.0. The van der Waals surface area contributed by atoms with Crippen molar-refractivity contribution in [2.45, 2.75) is 0 Å². The number of benzene rings is 2. The van der Waals surface area contributed by atoms with Crippen molar-refractivity contribution in [3.8, 4) is 11.1 Å². The molecule has 1 aliphatic rings. The summed E-state index contributed by atoms with van der Waals surface area (Å²) in [5.74, 6) is 0.0165. The van der Waals surface area contributed by atoms with Crippen LogP contribution in [0.4, 0.5) is 5.69 Å². The summed E-state index contributed by atoms with van der Waals surface area (Å²) in [7, 11) is 0. The van der Waals surface area contributed by atoms with Gasteiger partial charge in [0.25, 0.3) is 5.91 Å². The van der Waals surface area contributed by atoms with Gasteiger partial charge in [0.15, 0.2) is 0 Å². The highest BCUT2D eigenvalue weighted by Gasteiger charge is 2.19. The number of ether oxygens (including phenoxy) is 1. The first-order chi connectivity index (χ1) is 10.2. The molecule has 2 aromatic rings. The molecule has 1 fully saturated rings. The van der Waals surface area contributed by atoms with E-state index in [2.05, 4.69) is 0 Å². The zero-order chi connectivity index (χ0) is 14.7. The molecule has 0 atom stereocenters. The Hall–Kier alpha value is -2.33. The number of morpholine rings is 1. The standard InChI is InChI=1S/C17H18N2O2/c18-16-11-14(13-4-2-1-3-5-13)10-15(12-16)17(20)19-6-8-21-9-7-19/h1-5,10-12H,6-9,18H2. The number of carbonyl (C=O) groups excluding carboxylic acids is 1. The number of anilines is 1. The van der Waals surface area contributed by atoms with Gasteiger partial charge < -0.3 is 15.4 Å². The van der Waals surface area contributed by atoms with Gasteiger partial charge in [-0.2, -0.15) is 0 Å². The summed E-state index contributed by atoms with van der Waals surface area (Å²) < 4.78 is 5.28. The number of nitrogen functional groups attached to an aromatic ring is 1. The Labute approximate surface area is 124 Å². The summed E-state index contributed by atoms with van der Waals surface area (Å²) in [6, 6.07) is 15.5. The monoisotopic (exact) mass is 282 g/mol. The van der Waals surface area contributed by atoms with E-state index in [0.717, 1.165) is 11.1 Å². The molecule has 0 spiro atoms. The Morgan fingerprint density at radius 3 is 2.43 bits per heavy atom. The molecule has 0 unspecified atom stereocenters. The Bertz CT molecular complexity index is 634. The highest BCUT2D eigenvalue weighted by Crippen LogP contribution is 2.24. The van der Waals surface area contributed by atoms with E-state index in [-0.39, 0.29) is 5.91 Å². The lowest BCUT2D eigenvalue weighted by atomic mass is 10.0. The van der Waals surface area contributed by atoms with Gasteiger partial charge in [-0.15, -0.1) is 0 Å². The SMILES string of the molecule is Nc1cc(C(=O)N2CCOCC2)cc(-c2ccccc2)c1. The molecule has 0 bridgehead atoms. The molecule has 1 saturated heterocycles. The third-order valence-electron chi connectivity index (χ3n) is 3.61. The van der Waals surface area contributed by atoms with Crippen molar-refractivity contribution in [1.82, 2.24) is 4.90 Å². The molecular formula is C17H18N2O2. The molecule has 0 radical (unpaired) electrons. The van der Waals surface area contributed by atoms with Crippen LogP contribution in [0.15, 0.2) is 48.5 Å². The van der Waals surface area contributed by atoms with Crippen molar-refractivity contribution in [2.24, 2.45) is 0 Å². The maximum Gasteiger partial charge on any atom is 0.254 e. The summed E-state index contributed by atoms with van der Waals surface area (Å²) >= 11 is 0. The Kier molecular flexibility index (Phi) is 3.88. The van der Waals surface area contributed by atoms with Crippen LogP contribution in [-0.2, 0) is 4.74 Å². The van der Waals surface area contributed by atoms with Gasteiger partial charge >= 0.3 is 0 Å². The van der Waals surface area contributed by atoms with Crippen molar-refractivity contribution in [2.75, 3.05) is 32.0 Å². The molecule has 21 heavy (non-hydrogen) atoms. The summed E-state index contributed by atoms with van der Waals surface area (Å²) in [5, 5.41) is 0. The molecule has 4 nitrogen and oxygen atoms in total. The van der Waals surface area contributed by atoms with Gasteiger partial charge in [0.2, 0.25) is 0 Å². The number of nitrogens with zero attached hydrogens (tertiary/aromatic N) is 1. The van der Waals surface area contributed by atoms with Crippen LogP contribution < -0.4 is 5.73 Å². The first kappa shape index (κ1) is 13.6. The first-order valence-electron chi connectivity index (χ1n) is 7.07. The van der Waals surface area contributed by atoms with Crippen molar-refractivity contribution in [1.29, 1.82) is 0 Å². The molecule has 108 valence electrons. The highest BCUT2D eigenvalue weighted by atomic mass is 16.5. The lowest BCUT2D eigenvalue weighted by molar-refractivity contribution is 0.0303. The van der Waals surface area contributed by atoms with Gasteiger partial charge in [-0.05, 0) is 29.3 Å². The molecule has 2 N–H and O–H groups in total. The van der Waals surface area contributed by atoms with Gasteiger partial charge in [0, 0.05) is 24.3 Å². The van der Waals surface area contributed by atoms with E-state index in [0.29, 0.717) is 37.6 Å². The second kappa shape index (κ2) is 5.97. The fourth-order valence-electron chi connectivity index (χ4n) is 2.52. The van der Waals surface area contributed by atoms with Crippen molar-refractivity contribution in [3.63, 3.8) is 0 Å². The van der Waals surface area contributed by atoms with E-state index in [1.54, 1.807) is 6.07 Å². The highest BCUT2D eigenvalue weighted by molar-refractivity contribution is 5.96. The number of nitrogens with two attached hydrogens (primary N) is 1. The molecule has 0 aliphatic carbocycles. The average molecular weight is 282 g/mol. The number of amides is 1. The lowest BCUT2D eigenvalue weighted by Crippen LogP contribution is -2.40. The predicted molar refractivity (Wildman–Crippen MR) is 83.0 cm³/mol. The summed E-state index contributed by atoms with van der Waals surface area (Å²) in [6.45, 7) is 2.46. The molecule has 3 rings (SSSR count). The summed E-state index contributed by atoms with van der Waals surface area (Å²) in [6.07, 6.45) is 0. The maximum absolute atomic E-state index is 12.6. The van der Waals surface area contributed by atoms with E-state index in [1.807, 2.05) is 47.4 Å². The van der Waals surface area contributed by atoms with Gasteiger partial charge in [0.1, 0.15) is 0 Å². The zero-order valence-corrected chi connectivity index (χ0v) is 11.8. The fraction of sp³-hybridized carbons (Fsp3) is 0.235. The van der Waals surface area contributed by atoms with Crippen LogP contribution in [0.1, 0.15) is 10.4 Å². The van der Waals surface area contributed by atoms with E-state index in [4.69, 9.17) is 10.5 Å². The van der Waals surface area contributed by atoms with Crippen molar-refractivity contribution in [3.05, 3.63) is 54.1 Å². The zero-order valence-electron chi connectivity index (χ0n) is 11.8. The number of rotatable bonds is 2. The minimum absolute atomic E-state index is 0.0165. The van der Waals surface area contributed by atoms with E-state index in [1.165, 1.54) is 0 Å². The van der Waals surface area contributed by atoms with Crippen LogP contribution >= 0.6 is 0 Å². The van der Waals surface area contributed by atoms with Crippen molar-refractivity contribution >= 4 is 11.6 Å². The molecule has 2 aromatic carbocycles. The molecule has 0 saturated carbocycles. The molecule has 1 amide bonds. The molecule has 1 aliphatic heterocycles. The Morgan fingerprint density at radius 2 is 1.71 bits per heavy atom. The van der Waals surface area contributed by atoms with Crippen LogP contribution in [0.2, 0.25) is 0 Å². The van der Waals surface area contributed by atoms with Crippen LogP contribution in [0, 0.1) is 0 Å². The molecular weight excluding hydrogens is 264 g/mol.